The Balaban J connectivity index is 0.00000294. The first kappa shape index (κ1) is 35.4. The number of fused-ring (bicyclic) bond motifs is 1. The molecule has 0 spiro atoms. The molecule has 0 bridgehead atoms. The molecule has 1 aliphatic rings. The van der Waals surface area contributed by atoms with Crippen LogP contribution in [0.4, 0.5) is 27.5 Å². The SMILES string of the molecule is CC1CCC(OC(=O)Nc2ccc(N=Nc3c(N)ccc4cc(S(=O)(=O)O)cc(O)c34)c(S(=O)(=O)O)c2)CC1.[Na].[Na]. The summed E-state index contributed by atoms with van der Waals surface area (Å²) >= 11 is 0. The number of phenolic OH excluding ortho intramolecular Hbond substituents is 1. The molecule has 0 heterocycles. The Morgan fingerprint density at radius 3 is 2.22 bits per heavy atom. The minimum atomic E-state index is -4.83. The Morgan fingerprint density at radius 2 is 1.61 bits per heavy atom. The number of rotatable bonds is 6. The normalized spacial score (nSPS) is 17.4. The first-order valence-corrected chi connectivity index (χ1v) is 14.6. The second-order valence-electron chi connectivity index (χ2n) is 9.29. The van der Waals surface area contributed by atoms with Gasteiger partial charge in [-0.3, -0.25) is 14.4 Å². The molecule has 1 aliphatic carbocycles. The van der Waals surface area contributed by atoms with Crippen molar-refractivity contribution in [2.75, 3.05) is 11.1 Å². The number of nitrogen functional groups attached to an aromatic ring is 1. The molecule has 17 heteroatoms. The van der Waals surface area contributed by atoms with Gasteiger partial charge >= 0.3 is 6.09 Å². The fraction of sp³-hybridized carbons (Fsp3) is 0.292. The van der Waals surface area contributed by atoms with Gasteiger partial charge in [0, 0.05) is 70.9 Å². The van der Waals surface area contributed by atoms with E-state index in [1.54, 1.807) is 0 Å². The van der Waals surface area contributed by atoms with E-state index >= 15 is 0 Å². The van der Waals surface area contributed by atoms with E-state index in [2.05, 4.69) is 22.5 Å². The van der Waals surface area contributed by atoms with Crippen molar-refractivity contribution in [1.82, 2.24) is 0 Å². The average Bonchev–Trinajstić information content (AvgIpc) is 2.84. The van der Waals surface area contributed by atoms with Gasteiger partial charge in [-0.05, 0) is 67.3 Å². The summed E-state index contributed by atoms with van der Waals surface area (Å²) < 4.78 is 71.6. The van der Waals surface area contributed by atoms with Crippen molar-refractivity contribution in [2.24, 2.45) is 16.1 Å². The third-order valence-corrected chi connectivity index (χ3v) is 8.06. The number of phenols is 1. The molecule has 2 radical (unpaired) electrons. The minimum absolute atomic E-state index is 0. The third kappa shape index (κ3) is 8.86. The second kappa shape index (κ2) is 14.1. The summed E-state index contributed by atoms with van der Waals surface area (Å²) in [4.78, 5) is 11.1. The van der Waals surface area contributed by atoms with E-state index in [-0.39, 0.29) is 98.7 Å². The van der Waals surface area contributed by atoms with Crippen molar-refractivity contribution in [3.8, 4) is 5.75 Å². The van der Waals surface area contributed by atoms with Crippen LogP contribution >= 0.6 is 0 Å². The van der Waals surface area contributed by atoms with Gasteiger partial charge in [-0.15, -0.1) is 10.2 Å². The van der Waals surface area contributed by atoms with E-state index in [1.807, 2.05) is 0 Å². The summed E-state index contributed by atoms with van der Waals surface area (Å²) in [6, 6.07) is 8.11. The maximum atomic E-state index is 12.3. The van der Waals surface area contributed by atoms with Crippen molar-refractivity contribution < 1.29 is 40.6 Å². The summed E-state index contributed by atoms with van der Waals surface area (Å²) in [5, 5.41) is 20.8. The number of benzene rings is 3. The van der Waals surface area contributed by atoms with Gasteiger partial charge in [0.15, 0.2) is 0 Å². The molecule has 41 heavy (non-hydrogen) atoms. The number of amides is 1. The smallest absolute Gasteiger partial charge is 0.411 e. The van der Waals surface area contributed by atoms with Crippen LogP contribution in [-0.2, 0) is 25.0 Å². The van der Waals surface area contributed by atoms with E-state index in [9.17, 15) is 35.8 Å². The van der Waals surface area contributed by atoms with E-state index < -0.39 is 41.9 Å². The maximum absolute atomic E-state index is 12.3. The van der Waals surface area contributed by atoms with Gasteiger partial charge in [-0.2, -0.15) is 16.8 Å². The molecule has 1 amide bonds. The number of nitrogens with zero attached hydrogens (tertiary/aromatic N) is 2. The number of anilines is 2. The standard InChI is InChI=1S/C24H26N4O9S2.2Na/c1-13-2-6-16(7-3-13)37-24(30)26-15-5-9-19(21(11-15)39(34,35)36)27-28-23-18(25)8-4-14-10-17(38(31,32)33)12-20(29)22(14)23;;/h4-5,8-13,16,29H,2-3,6-7,25H2,1H3,(H,26,30)(H,31,32,33)(H,34,35,36);;. The second-order valence-corrected chi connectivity index (χ2v) is 12.1. The summed E-state index contributed by atoms with van der Waals surface area (Å²) in [5.41, 5.74) is 5.56. The van der Waals surface area contributed by atoms with Gasteiger partial charge in [-0.25, -0.2) is 4.79 Å². The molecule has 0 unspecified atom stereocenters. The van der Waals surface area contributed by atoms with Gasteiger partial charge in [-0.1, -0.05) is 13.0 Å². The minimum Gasteiger partial charge on any atom is -0.507 e. The van der Waals surface area contributed by atoms with Crippen LogP contribution in [0.2, 0.25) is 0 Å². The van der Waals surface area contributed by atoms with Crippen LogP contribution in [0.15, 0.2) is 62.5 Å². The van der Waals surface area contributed by atoms with Crippen LogP contribution in [-0.4, -0.2) is 102 Å². The molecule has 4 rings (SSSR count). The number of nitrogens with two attached hydrogens (primary N) is 1. The van der Waals surface area contributed by atoms with Crippen molar-refractivity contribution in [3.05, 3.63) is 42.5 Å². The van der Waals surface area contributed by atoms with Crippen molar-refractivity contribution in [1.29, 1.82) is 0 Å². The van der Waals surface area contributed by atoms with Crippen LogP contribution in [0.1, 0.15) is 32.6 Å². The Labute approximate surface area is 281 Å². The number of azo groups is 1. The topological polar surface area (TPSA) is 218 Å². The number of ether oxygens (including phenoxy) is 1. The third-order valence-electron chi connectivity index (χ3n) is 6.35. The molecule has 0 saturated heterocycles. The fourth-order valence-corrected chi connectivity index (χ4v) is 5.49. The monoisotopic (exact) mass is 624 g/mol. The summed E-state index contributed by atoms with van der Waals surface area (Å²) in [7, 11) is -9.45. The molecule has 6 N–H and O–H groups in total. The van der Waals surface area contributed by atoms with Gasteiger partial charge in [0.1, 0.15) is 28.1 Å². The van der Waals surface area contributed by atoms with E-state index in [0.29, 0.717) is 5.92 Å². The van der Waals surface area contributed by atoms with Crippen LogP contribution in [0.3, 0.4) is 0 Å². The van der Waals surface area contributed by atoms with Gasteiger partial charge in [0.25, 0.3) is 20.2 Å². The van der Waals surface area contributed by atoms with Crippen molar-refractivity contribution >= 4 is 119 Å². The van der Waals surface area contributed by atoms with Crippen LogP contribution in [0.25, 0.3) is 10.8 Å². The zero-order valence-corrected chi connectivity index (χ0v) is 28.2. The van der Waals surface area contributed by atoms with E-state index in [1.165, 1.54) is 24.3 Å². The van der Waals surface area contributed by atoms with Crippen molar-refractivity contribution in [3.63, 3.8) is 0 Å². The van der Waals surface area contributed by atoms with Gasteiger partial charge < -0.3 is 15.6 Å². The largest absolute Gasteiger partial charge is 0.507 e. The number of nitrogens with one attached hydrogen (secondary N) is 1. The predicted molar refractivity (Wildman–Crippen MR) is 153 cm³/mol. The van der Waals surface area contributed by atoms with E-state index in [0.717, 1.165) is 43.9 Å². The van der Waals surface area contributed by atoms with Crippen molar-refractivity contribution in [2.45, 2.75) is 48.5 Å². The first-order chi connectivity index (χ1) is 18.2. The Morgan fingerprint density at radius 1 is 0.951 bits per heavy atom. The zero-order chi connectivity index (χ0) is 28.5. The molecular formula is C24H26N4Na2O9S2. The average molecular weight is 625 g/mol. The number of hydrogen-bond acceptors (Lipinski definition) is 10. The fourth-order valence-electron chi connectivity index (χ4n) is 4.30. The molecule has 210 valence electrons. The number of carbonyl (C=O) groups is 1. The molecule has 3 aromatic rings. The van der Waals surface area contributed by atoms with Crippen LogP contribution < -0.4 is 11.1 Å². The maximum Gasteiger partial charge on any atom is 0.411 e. The first-order valence-electron chi connectivity index (χ1n) is 11.8. The summed E-state index contributed by atoms with van der Waals surface area (Å²) in [6.07, 6.45) is 2.32. The summed E-state index contributed by atoms with van der Waals surface area (Å²) in [5.74, 6) is -0.0175. The Hall–Kier alpha value is -1.79. The van der Waals surface area contributed by atoms with E-state index in [4.69, 9.17) is 10.5 Å². The molecular weight excluding hydrogens is 598 g/mol. The Kier molecular flexibility index (Phi) is 12.2. The molecule has 13 nitrogen and oxygen atoms in total. The molecule has 0 aromatic heterocycles. The quantitative estimate of drug-likeness (QED) is 0.113. The molecule has 0 atom stereocenters. The summed E-state index contributed by atoms with van der Waals surface area (Å²) in [6.45, 7) is 2.13. The Bertz CT molecular complexity index is 1690. The zero-order valence-electron chi connectivity index (χ0n) is 22.6. The number of aromatic hydroxyl groups is 1. The number of hydrogen-bond donors (Lipinski definition) is 5. The number of carbonyl (C=O) groups excluding carboxylic acids is 1. The van der Waals surface area contributed by atoms with Crippen LogP contribution in [0.5, 0.6) is 5.75 Å². The molecule has 0 aliphatic heterocycles. The molecule has 3 aromatic carbocycles. The van der Waals surface area contributed by atoms with Crippen LogP contribution in [0, 0.1) is 5.92 Å². The van der Waals surface area contributed by atoms with Gasteiger partial charge in [0.05, 0.1) is 16.0 Å². The van der Waals surface area contributed by atoms with Gasteiger partial charge in [0.2, 0.25) is 0 Å². The molecule has 1 saturated carbocycles. The predicted octanol–water partition coefficient (Wildman–Crippen LogP) is 4.40. The molecule has 1 fully saturated rings.